The van der Waals surface area contributed by atoms with Gasteiger partial charge in [0.1, 0.15) is 0 Å². The summed E-state index contributed by atoms with van der Waals surface area (Å²) in [6, 6.07) is 24.2. The first-order valence-corrected chi connectivity index (χ1v) is 13.2. The number of hydrogen-bond acceptors (Lipinski definition) is 6. The van der Waals surface area contributed by atoms with E-state index >= 15 is 0 Å². The maximum Gasteiger partial charge on any atom is 0.414 e. The first kappa shape index (κ1) is 26.9. The molecule has 1 aliphatic heterocycles. The van der Waals surface area contributed by atoms with Gasteiger partial charge in [0, 0.05) is 29.5 Å². The molecule has 0 bridgehead atoms. The van der Waals surface area contributed by atoms with Crippen LogP contribution >= 0.6 is 11.3 Å². The van der Waals surface area contributed by atoms with Crippen LogP contribution in [0.3, 0.4) is 0 Å². The maximum atomic E-state index is 13.3. The molecule has 194 valence electrons. The Hall–Kier alpha value is -4.14. The monoisotopic (exact) mass is 528 g/mol. The topological polar surface area (TPSA) is 108 Å². The van der Waals surface area contributed by atoms with Crippen LogP contribution in [-0.2, 0) is 9.59 Å². The average molecular weight is 529 g/mol. The van der Waals surface area contributed by atoms with Crippen LogP contribution in [0.1, 0.15) is 40.4 Å². The van der Waals surface area contributed by atoms with E-state index in [4.69, 9.17) is 19.8 Å². The largest absolute Gasteiger partial charge is 0.473 e. The highest BCUT2D eigenvalue weighted by molar-refractivity contribution is 7.17. The molecule has 0 saturated heterocycles. The normalized spacial score (nSPS) is 14.2. The summed E-state index contributed by atoms with van der Waals surface area (Å²) >= 11 is 1.82. The fourth-order valence-electron chi connectivity index (χ4n) is 4.52. The molecule has 0 saturated carbocycles. The first-order chi connectivity index (χ1) is 18.4. The maximum absolute atomic E-state index is 13.3. The number of ketones is 1. The number of fused-ring (bicyclic) bond motifs is 1. The van der Waals surface area contributed by atoms with Gasteiger partial charge < -0.3 is 10.2 Å². The Morgan fingerprint density at radius 1 is 0.921 bits per heavy atom. The predicted octanol–water partition coefficient (Wildman–Crippen LogP) is 5.60. The Kier molecular flexibility index (Phi) is 9.13. The van der Waals surface area contributed by atoms with Crippen molar-refractivity contribution < 1.29 is 24.6 Å². The van der Waals surface area contributed by atoms with Crippen molar-refractivity contribution in [1.29, 1.82) is 0 Å². The molecule has 38 heavy (non-hydrogen) atoms. The van der Waals surface area contributed by atoms with Crippen LogP contribution in [0.2, 0.25) is 0 Å². The summed E-state index contributed by atoms with van der Waals surface area (Å²) in [5, 5.41) is 18.3. The van der Waals surface area contributed by atoms with Gasteiger partial charge in [0.2, 0.25) is 0 Å². The van der Waals surface area contributed by atoms with Crippen LogP contribution in [-0.4, -0.2) is 57.5 Å². The molecule has 8 heteroatoms. The number of benzene rings is 2. The van der Waals surface area contributed by atoms with Gasteiger partial charge in [0.25, 0.3) is 0 Å². The zero-order valence-electron chi connectivity index (χ0n) is 20.7. The molecule has 2 N–H and O–H groups in total. The summed E-state index contributed by atoms with van der Waals surface area (Å²) in [7, 11) is 0. The van der Waals surface area contributed by atoms with Crippen molar-refractivity contribution >= 4 is 44.7 Å². The molecular formula is C30H28N2O5S. The molecule has 2 aromatic carbocycles. The van der Waals surface area contributed by atoms with Crippen LogP contribution in [0.25, 0.3) is 15.7 Å². The average Bonchev–Trinajstić information content (AvgIpc) is 3.44. The van der Waals surface area contributed by atoms with Crippen molar-refractivity contribution in [3.8, 4) is 0 Å². The standard InChI is InChI=1S/C28H26N2OS.C2H2O4/c31-27(22-7-2-1-3-8-22)25(26-11-4-5-16-29-26)14-19-30-17-12-21(13-18-30)24-10-6-9-23-15-20-32-28(23)24;3-1(4)2(5)6/h1-12,15-16,20,25H,13-14,17-19H2;(H,3,4)(H,5,6). The van der Waals surface area contributed by atoms with E-state index in [0.29, 0.717) is 0 Å². The molecule has 1 aliphatic rings. The number of aromatic nitrogens is 1. The fraction of sp³-hybridized carbons (Fsp3) is 0.200. The van der Waals surface area contributed by atoms with E-state index < -0.39 is 11.9 Å². The van der Waals surface area contributed by atoms with Gasteiger partial charge in [0.05, 0.1) is 11.6 Å². The lowest BCUT2D eigenvalue weighted by Crippen LogP contribution is -2.31. The Labute approximate surface area is 224 Å². The van der Waals surface area contributed by atoms with Crippen LogP contribution in [0.4, 0.5) is 0 Å². The van der Waals surface area contributed by atoms with Crippen molar-refractivity contribution in [2.45, 2.75) is 18.8 Å². The summed E-state index contributed by atoms with van der Waals surface area (Å²) in [6.45, 7) is 2.82. The molecule has 1 atom stereocenters. The Bertz CT molecular complexity index is 1420. The number of carboxylic acids is 2. The second kappa shape index (κ2) is 12.9. The summed E-state index contributed by atoms with van der Waals surface area (Å²) < 4.78 is 1.39. The number of hydrogen-bond donors (Lipinski definition) is 2. The molecule has 0 amide bonds. The van der Waals surface area contributed by atoms with Crippen LogP contribution in [0.5, 0.6) is 0 Å². The SMILES string of the molecule is O=C(O)C(=O)O.O=C(c1ccccc1)C(CCN1CC=C(c2cccc3ccsc23)CC1)c1ccccn1. The Morgan fingerprint density at radius 2 is 1.68 bits per heavy atom. The molecule has 2 aromatic heterocycles. The van der Waals surface area contributed by atoms with E-state index in [1.54, 1.807) is 6.20 Å². The molecule has 0 spiro atoms. The lowest BCUT2D eigenvalue weighted by atomic mass is 9.90. The lowest BCUT2D eigenvalue weighted by Gasteiger charge is -2.28. The van der Waals surface area contributed by atoms with Crippen LogP contribution in [0.15, 0.2) is 90.4 Å². The molecule has 0 radical (unpaired) electrons. The highest BCUT2D eigenvalue weighted by Gasteiger charge is 2.24. The highest BCUT2D eigenvalue weighted by atomic mass is 32.1. The third-order valence-corrected chi connectivity index (χ3v) is 7.42. The van der Waals surface area contributed by atoms with Crippen molar-refractivity contribution in [3.05, 3.63) is 107 Å². The summed E-state index contributed by atoms with van der Waals surface area (Å²) in [5.41, 5.74) is 4.44. The number of carbonyl (C=O) groups excluding carboxylic acids is 1. The second-order valence-electron chi connectivity index (χ2n) is 8.86. The smallest absolute Gasteiger partial charge is 0.414 e. The van der Waals surface area contributed by atoms with Gasteiger partial charge in [-0.3, -0.25) is 14.7 Å². The van der Waals surface area contributed by atoms with Gasteiger partial charge in [-0.25, -0.2) is 9.59 Å². The Morgan fingerprint density at radius 3 is 2.34 bits per heavy atom. The molecular weight excluding hydrogens is 500 g/mol. The minimum atomic E-state index is -1.82. The van der Waals surface area contributed by atoms with E-state index in [2.05, 4.69) is 45.6 Å². The zero-order chi connectivity index (χ0) is 26.9. The number of pyridine rings is 1. The van der Waals surface area contributed by atoms with E-state index in [1.165, 1.54) is 21.2 Å². The molecule has 0 fully saturated rings. The molecule has 5 rings (SSSR count). The van der Waals surface area contributed by atoms with Gasteiger partial charge in [-0.05, 0) is 59.5 Å². The van der Waals surface area contributed by atoms with Gasteiger partial charge >= 0.3 is 11.9 Å². The van der Waals surface area contributed by atoms with E-state index in [0.717, 1.165) is 43.7 Å². The molecule has 0 aliphatic carbocycles. The first-order valence-electron chi connectivity index (χ1n) is 12.3. The number of Topliss-reactive ketones (excluding diaryl/α,β-unsaturated/α-hetero) is 1. The second-order valence-corrected chi connectivity index (χ2v) is 9.78. The zero-order valence-corrected chi connectivity index (χ0v) is 21.5. The van der Waals surface area contributed by atoms with Gasteiger partial charge in [-0.2, -0.15) is 0 Å². The van der Waals surface area contributed by atoms with E-state index in [-0.39, 0.29) is 11.7 Å². The highest BCUT2D eigenvalue weighted by Crippen LogP contribution is 2.33. The number of carboxylic acid groups (broad SMARTS) is 2. The number of thiophene rings is 1. The fourth-order valence-corrected chi connectivity index (χ4v) is 5.46. The number of aliphatic carboxylic acids is 2. The molecule has 1 unspecified atom stereocenters. The number of rotatable bonds is 7. The van der Waals surface area contributed by atoms with Crippen LogP contribution in [0, 0.1) is 0 Å². The summed E-state index contributed by atoms with van der Waals surface area (Å²) in [5.74, 6) is -3.71. The number of carbonyl (C=O) groups is 3. The molecule has 4 aromatic rings. The number of nitrogens with zero attached hydrogens (tertiary/aromatic N) is 2. The van der Waals surface area contributed by atoms with Crippen LogP contribution < -0.4 is 0 Å². The molecule has 3 heterocycles. The quantitative estimate of drug-likeness (QED) is 0.238. The van der Waals surface area contributed by atoms with E-state index in [1.807, 2.05) is 59.9 Å². The third-order valence-electron chi connectivity index (χ3n) is 6.45. The van der Waals surface area contributed by atoms with Crippen molar-refractivity contribution in [1.82, 2.24) is 9.88 Å². The Balaban J connectivity index is 0.000000505. The van der Waals surface area contributed by atoms with Crippen molar-refractivity contribution in [2.75, 3.05) is 19.6 Å². The predicted molar refractivity (Wildman–Crippen MR) is 148 cm³/mol. The minimum Gasteiger partial charge on any atom is -0.473 e. The molecule has 7 nitrogen and oxygen atoms in total. The van der Waals surface area contributed by atoms with Gasteiger partial charge in [0.15, 0.2) is 5.78 Å². The van der Waals surface area contributed by atoms with E-state index in [9.17, 15) is 4.79 Å². The van der Waals surface area contributed by atoms with Gasteiger partial charge in [-0.15, -0.1) is 11.3 Å². The summed E-state index contributed by atoms with van der Waals surface area (Å²) in [6.07, 6.45) is 5.96. The summed E-state index contributed by atoms with van der Waals surface area (Å²) in [4.78, 5) is 38.4. The van der Waals surface area contributed by atoms with Gasteiger partial charge in [-0.1, -0.05) is 60.7 Å². The van der Waals surface area contributed by atoms with Crippen molar-refractivity contribution in [2.24, 2.45) is 0 Å². The minimum absolute atomic E-state index is 0.155. The van der Waals surface area contributed by atoms with Crippen molar-refractivity contribution in [3.63, 3.8) is 0 Å². The third kappa shape index (κ3) is 6.79. The lowest BCUT2D eigenvalue weighted by molar-refractivity contribution is -0.159.